The Bertz CT molecular complexity index is 1070. The molecule has 1 aliphatic carbocycles. The second-order valence-corrected chi connectivity index (χ2v) is 8.42. The molecule has 0 atom stereocenters. The molecule has 0 unspecified atom stereocenters. The molecule has 0 bridgehead atoms. The van der Waals surface area contributed by atoms with Gasteiger partial charge < -0.3 is 15.0 Å². The van der Waals surface area contributed by atoms with Gasteiger partial charge in [0, 0.05) is 24.5 Å². The number of nitrogens with zero attached hydrogens (tertiary/aromatic N) is 2. The van der Waals surface area contributed by atoms with Crippen molar-refractivity contribution in [2.45, 2.75) is 44.4 Å². The van der Waals surface area contributed by atoms with E-state index in [9.17, 15) is 9.18 Å². The molecule has 0 spiro atoms. The van der Waals surface area contributed by atoms with Gasteiger partial charge in [0.1, 0.15) is 11.6 Å². The first-order valence-corrected chi connectivity index (χ1v) is 11.0. The van der Waals surface area contributed by atoms with E-state index in [0.717, 1.165) is 61.1 Å². The Labute approximate surface area is 181 Å². The zero-order valence-corrected chi connectivity index (χ0v) is 17.4. The van der Waals surface area contributed by atoms with Gasteiger partial charge in [0.25, 0.3) is 5.91 Å². The molecule has 1 N–H and O–H groups in total. The molecular formula is C25H26FN3O2. The van der Waals surface area contributed by atoms with Crippen LogP contribution in [0.3, 0.4) is 0 Å². The van der Waals surface area contributed by atoms with Crippen molar-refractivity contribution in [3.05, 3.63) is 71.5 Å². The summed E-state index contributed by atoms with van der Waals surface area (Å²) in [6, 6.07) is 16.5. The van der Waals surface area contributed by atoms with E-state index in [1.54, 1.807) is 12.1 Å². The summed E-state index contributed by atoms with van der Waals surface area (Å²) in [6.45, 7) is 2.14. The van der Waals surface area contributed by atoms with E-state index in [0.29, 0.717) is 18.2 Å². The number of hydrogen-bond acceptors (Lipinski definition) is 4. The molecule has 1 amide bonds. The van der Waals surface area contributed by atoms with Crippen molar-refractivity contribution in [1.29, 1.82) is 0 Å². The van der Waals surface area contributed by atoms with Crippen molar-refractivity contribution in [2.75, 3.05) is 18.0 Å². The van der Waals surface area contributed by atoms with Crippen molar-refractivity contribution >= 4 is 22.6 Å². The van der Waals surface area contributed by atoms with Crippen LogP contribution >= 0.6 is 0 Å². The number of aromatic nitrogens is 1. The number of hydrogen-bond donors (Lipinski definition) is 1. The second kappa shape index (κ2) is 8.63. The predicted octanol–water partition coefficient (Wildman–Crippen LogP) is 4.45. The number of fused-ring (bicyclic) bond motifs is 1. The molecule has 1 saturated heterocycles. The zero-order valence-electron chi connectivity index (χ0n) is 17.4. The van der Waals surface area contributed by atoms with Gasteiger partial charge in [0.05, 0.1) is 23.8 Å². The first kappa shape index (κ1) is 19.9. The first-order valence-electron chi connectivity index (χ1n) is 11.0. The van der Waals surface area contributed by atoms with E-state index in [1.165, 1.54) is 12.1 Å². The van der Waals surface area contributed by atoms with E-state index < -0.39 is 0 Å². The first-order chi connectivity index (χ1) is 15.2. The van der Waals surface area contributed by atoms with E-state index >= 15 is 0 Å². The third-order valence-electron chi connectivity index (χ3n) is 6.02. The molecule has 5 rings (SSSR count). The summed E-state index contributed by atoms with van der Waals surface area (Å²) >= 11 is 0. The summed E-state index contributed by atoms with van der Waals surface area (Å²) in [4.78, 5) is 19.9. The third-order valence-corrected chi connectivity index (χ3v) is 6.02. The summed E-state index contributed by atoms with van der Waals surface area (Å²) in [6.07, 6.45) is 4.07. The number of amides is 1. The monoisotopic (exact) mass is 419 g/mol. The highest BCUT2D eigenvalue weighted by Gasteiger charge is 2.26. The van der Waals surface area contributed by atoms with E-state index in [-0.39, 0.29) is 17.8 Å². The SMILES string of the molecule is O=C(NC1CC1)c1cc(N2CCC(OCc3ccc(F)cc3)CC2)nc2ccccc12. The van der Waals surface area contributed by atoms with Gasteiger partial charge >= 0.3 is 0 Å². The molecule has 1 saturated carbocycles. The quantitative estimate of drug-likeness (QED) is 0.641. The Hall–Kier alpha value is -2.99. The van der Waals surface area contributed by atoms with Crippen LogP contribution in [0.1, 0.15) is 41.6 Å². The Balaban J connectivity index is 1.26. The topological polar surface area (TPSA) is 54.5 Å². The van der Waals surface area contributed by atoms with E-state index in [2.05, 4.69) is 10.2 Å². The van der Waals surface area contributed by atoms with Gasteiger partial charge in [0.2, 0.25) is 0 Å². The van der Waals surface area contributed by atoms with Crippen LogP contribution in [-0.2, 0) is 11.3 Å². The number of para-hydroxylation sites is 1. The van der Waals surface area contributed by atoms with E-state index in [4.69, 9.17) is 9.72 Å². The smallest absolute Gasteiger partial charge is 0.252 e. The predicted molar refractivity (Wildman–Crippen MR) is 119 cm³/mol. The minimum absolute atomic E-state index is 0.0140. The highest BCUT2D eigenvalue weighted by Crippen LogP contribution is 2.27. The molecule has 6 heteroatoms. The van der Waals surface area contributed by atoms with Gasteiger partial charge in [-0.3, -0.25) is 4.79 Å². The number of anilines is 1. The van der Waals surface area contributed by atoms with Gasteiger partial charge in [-0.2, -0.15) is 0 Å². The number of carbonyl (C=O) groups excluding carboxylic acids is 1. The number of piperidine rings is 1. The fourth-order valence-corrected chi connectivity index (χ4v) is 4.05. The van der Waals surface area contributed by atoms with Crippen LogP contribution in [0.4, 0.5) is 10.2 Å². The van der Waals surface area contributed by atoms with E-state index in [1.807, 2.05) is 30.3 Å². The molecule has 0 radical (unpaired) electrons. The Kier molecular flexibility index (Phi) is 5.55. The van der Waals surface area contributed by atoms with Crippen LogP contribution in [0.15, 0.2) is 54.6 Å². The number of pyridine rings is 1. The number of ether oxygens (including phenoxy) is 1. The standard InChI is InChI=1S/C25H26FN3O2/c26-18-7-5-17(6-8-18)16-31-20-11-13-29(14-12-20)24-15-22(25(30)27-19-9-10-19)21-3-1-2-4-23(21)28-24/h1-8,15,19-20H,9-14,16H2,(H,27,30). The average Bonchev–Trinajstić information content (AvgIpc) is 3.62. The minimum atomic E-state index is -0.231. The summed E-state index contributed by atoms with van der Waals surface area (Å²) in [5, 5.41) is 4.00. The molecule has 31 heavy (non-hydrogen) atoms. The molecule has 1 aliphatic heterocycles. The number of carbonyl (C=O) groups is 1. The van der Waals surface area contributed by atoms with Crippen molar-refractivity contribution < 1.29 is 13.9 Å². The second-order valence-electron chi connectivity index (χ2n) is 8.42. The van der Waals surface area contributed by atoms with Crippen LogP contribution in [0, 0.1) is 5.82 Å². The molecule has 2 aromatic carbocycles. The molecule has 3 aromatic rings. The Morgan fingerprint density at radius 1 is 1.06 bits per heavy atom. The lowest BCUT2D eigenvalue weighted by Crippen LogP contribution is -2.37. The highest BCUT2D eigenvalue weighted by atomic mass is 19.1. The molecule has 2 heterocycles. The number of rotatable bonds is 6. The molecule has 5 nitrogen and oxygen atoms in total. The van der Waals surface area contributed by atoms with Crippen molar-refractivity contribution in [1.82, 2.24) is 10.3 Å². The molecular weight excluding hydrogens is 393 g/mol. The van der Waals surface area contributed by atoms with Gasteiger partial charge in [-0.1, -0.05) is 30.3 Å². The molecule has 1 aromatic heterocycles. The van der Waals surface area contributed by atoms with Crippen molar-refractivity contribution in [2.24, 2.45) is 0 Å². The van der Waals surface area contributed by atoms with Gasteiger partial charge in [-0.15, -0.1) is 0 Å². The maximum atomic E-state index is 13.0. The van der Waals surface area contributed by atoms with Crippen LogP contribution in [0.2, 0.25) is 0 Å². The normalized spacial score (nSPS) is 17.1. The lowest BCUT2D eigenvalue weighted by atomic mass is 10.1. The lowest BCUT2D eigenvalue weighted by molar-refractivity contribution is 0.0250. The lowest BCUT2D eigenvalue weighted by Gasteiger charge is -2.33. The van der Waals surface area contributed by atoms with Gasteiger partial charge in [-0.25, -0.2) is 9.37 Å². The molecule has 160 valence electrons. The minimum Gasteiger partial charge on any atom is -0.373 e. The summed E-state index contributed by atoms with van der Waals surface area (Å²) in [5.41, 5.74) is 2.52. The van der Waals surface area contributed by atoms with Crippen LogP contribution in [-0.4, -0.2) is 36.1 Å². The average molecular weight is 420 g/mol. The van der Waals surface area contributed by atoms with Gasteiger partial charge in [0.15, 0.2) is 0 Å². The summed E-state index contributed by atoms with van der Waals surface area (Å²) in [7, 11) is 0. The fraction of sp³-hybridized carbons (Fsp3) is 0.360. The van der Waals surface area contributed by atoms with Gasteiger partial charge in [-0.05, 0) is 55.5 Å². The maximum absolute atomic E-state index is 13.0. The summed E-state index contributed by atoms with van der Waals surface area (Å²) in [5.74, 6) is 0.599. The fourth-order valence-electron chi connectivity index (χ4n) is 4.05. The summed E-state index contributed by atoms with van der Waals surface area (Å²) < 4.78 is 19.1. The zero-order chi connectivity index (χ0) is 21.2. The van der Waals surface area contributed by atoms with Crippen LogP contribution < -0.4 is 10.2 Å². The maximum Gasteiger partial charge on any atom is 0.252 e. The number of halogens is 1. The Morgan fingerprint density at radius 3 is 2.55 bits per heavy atom. The largest absolute Gasteiger partial charge is 0.373 e. The molecule has 2 fully saturated rings. The highest BCUT2D eigenvalue weighted by molar-refractivity contribution is 6.07. The van der Waals surface area contributed by atoms with Crippen molar-refractivity contribution in [3.8, 4) is 0 Å². The Morgan fingerprint density at radius 2 is 1.81 bits per heavy atom. The number of benzene rings is 2. The van der Waals surface area contributed by atoms with Crippen LogP contribution in [0.5, 0.6) is 0 Å². The number of nitrogens with one attached hydrogen (secondary N) is 1. The molecule has 2 aliphatic rings. The third kappa shape index (κ3) is 4.69. The van der Waals surface area contributed by atoms with Crippen molar-refractivity contribution in [3.63, 3.8) is 0 Å². The van der Waals surface area contributed by atoms with Crippen LogP contribution in [0.25, 0.3) is 10.9 Å².